The number of ether oxygens (including phenoxy) is 2. The molecule has 0 radical (unpaired) electrons. The molecule has 0 amide bonds. The molecule has 0 aromatic carbocycles. The standard InChI is InChI=1S/C12H18O3/c13-9-10-8-12(14-6-7-15-12)11(10)4-2-1-3-5-11/h9-10H,1-8H2. The van der Waals surface area contributed by atoms with Gasteiger partial charge in [0.15, 0.2) is 5.79 Å². The quantitative estimate of drug-likeness (QED) is 0.620. The first-order valence-electron chi connectivity index (χ1n) is 6.06. The van der Waals surface area contributed by atoms with Crippen LogP contribution in [-0.4, -0.2) is 25.3 Å². The maximum atomic E-state index is 11.1. The smallest absolute Gasteiger partial charge is 0.175 e. The molecule has 1 aliphatic heterocycles. The molecule has 3 heteroatoms. The van der Waals surface area contributed by atoms with E-state index in [-0.39, 0.29) is 17.1 Å². The van der Waals surface area contributed by atoms with Gasteiger partial charge in [-0.1, -0.05) is 19.3 Å². The predicted octanol–water partition coefficient (Wildman–Crippen LogP) is 1.90. The van der Waals surface area contributed by atoms with Gasteiger partial charge in [-0.2, -0.15) is 0 Å². The van der Waals surface area contributed by atoms with E-state index in [4.69, 9.17) is 9.47 Å². The fraction of sp³-hybridized carbons (Fsp3) is 0.917. The number of carbonyl (C=O) groups excluding carboxylic acids is 1. The summed E-state index contributed by atoms with van der Waals surface area (Å²) >= 11 is 0. The fourth-order valence-corrected chi connectivity index (χ4v) is 3.81. The third kappa shape index (κ3) is 1.11. The van der Waals surface area contributed by atoms with Crippen molar-refractivity contribution in [1.29, 1.82) is 0 Å². The van der Waals surface area contributed by atoms with Gasteiger partial charge in [0.2, 0.25) is 0 Å². The van der Waals surface area contributed by atoms with Gasteiger partial charge in [-0.3, -0.25) is 0 Å². The number of rotatable bonds is 1. The highest BCUT2D eigenvalue weighted by atomic mass is 16.7. The van der Waals surface area contributed by atoms with E-state index in [1.165, 1.54) is 19.3 Å². The van der Waals surface area contributed by atoms with Gasteiger partial charge < -0.3 is 14.3 Å². The molecule has 84 valence electrons. The van der Waals surface area contributed by atoms with Crippen molar-refractivity contribution >= 4 is 6.29 Å². The average Bonchev–Trinajstić information content (AvgIpc) is 2.78. The van der Waals surface area contributed by atoms with Crippen LogP contribution in [-0.2, 0) is 14.3 Å². The Morgan fingerprint density at radius 3 is 2.33 bits per heavy atom. The van der Waals surface area contributed by atoms with Crippen LogP contribution < -0.4 is 0 Å². The van der Waals surface area contributed by atoms with E-state index < -0.39 is 0 Å². The lowest BCUT2D eigenvalue weighted by Crippen LogP contribution is -2.65. The minimum Gasteiger partial charge on any atom is -0.347 e. The summed E-state index contributed by atoms with van der Waals surface area (Å²) in [4.78, 5) is 11.1. The minimum absolute atomic E-state index is 0.0313. The summed E-state index contributed by atoms with van der Waals surface area (Å²) < 4.78 is 11.6. The second kappa shape index (κ2) is 3.29. The molecule has 2 spiro atoms. The second-order valence-corrected chi connectivity index (χ2v) is 5.11. The average molecular weight is 210 g/mol. The van der Waals surface area contributed by atoms with E-state index in [2.05, 4.69) is 0 Å². The summed E-state index contributed by atoms with van der Waals surface area (Å²) in [5.74, 6) is -0.199. The lowest BCUT2D eigenvalue weighted by molar-refractivity contribution is -0.327. The molecule has 1 atom stereocenters. The zero-order valence-corrected chi connectivity index (χ0v) is 9.04. The maximum absolute atomic E-state index is 11.1. The first-order valence-corrected chi connectivity index (χ1v) is 6.06. The van der Waals surface area contributed by atoms with Crippen molar-refractivity contribution in [3.8, 4) is 0 Å². The van der Waals surface area contributed by atoms with Crippen LogP contribution in [0.1, 0.15) is 38.5 Å². The van der Waals surface area contributed by atoms with Gasteiger partial charge in [0, 0.05) is 17.8 Å². The van der Waals surface area contributed by atoms with Gasteiger partial charge in [0.1, 0.15) is 6.29 Å². The molecule has 1 unspecified atom stereocenters. The highest BCUT2D eigenvalue weighted by molar-refractivity contribution is 5.58. The van der Waals surface area contributed by atoms with Crippen molar-refractivity contribution in [3.05, 3.63) is 0 Å². The molecule has 1 heterocycles. The van der Waals surface area contributed by atoms with Gasteiger partial charge in [-0.15, -0.1) is 0 Å². The lowest BCUT2D eigenvalue weighted by Gasteiger charge is -2.61. The van der Waals surface area contributed by atoms with Crippen molar-refractivity contribution in [2.75, 3.05) is 13.2 Å². The minimum atomic E-state index is -0.376. The van der Waals surface area contributed by atoms with E-state index in [0.29, 0.717) is 13.2 Å². The number of hydrogen-bond acceptors (Lipinski definition) is 3. The molecule has 3 rings (SSSR count). The Balaban J connectivity index is 1.88. The van der Waals surface area contributed by atoms with Crippen LogP contribution >= 0.6 is 0 Å². The van der Waals surface area contributed by atoms with E-state index in [1.54, 1.807) is 0 Å². The van der Waals surface area contributed by atoms with Crippen molar-refractivity contribution in [1.82, 2.24) is 0 Å². The Morgan fingerprint density at radius 2 is 1.73 bits per heavy atom. The second-order valence-electron chi connectivity index (χ2n) is 5.11. The zero-order chi connectivity index (χ0) is 10.4. The molecule has 15 heavy (non-hydrogen) atoms. The first-order chi connectivity index (χ1) is 7.33. The summed E-state index contributed by atoms with van der Waals surface area (Å²) in [7, 11) is 0. The highest BCUT2D eigenvalue weighted by Crippen LogP contribution is 2.64. The van der Waals surface area contributed by atoms with Crippen molar-refractivity contribution in [2.24, 2.45) is 11.3 Å². The predicted molar refractivity (Wildman–Crippen MR) is 54.3 cm³/mol. The molecule has 1 saturated heterocycles. The summed E-state index contributed by atoms with van der Waals surface area (Å²) in [6.07, 6.45) is 7.87. The van der Waals surface area contributed by atoms with Crippen LogP contribution in [0.15, 0.2) is 0 Å². The van der Waals surface area contributed by atoms with Crippen LogP contribution in [0.25, 0.3) is 0 Å². The Kier molecular flexibility index (Phi) is 2.15. The highest BCUT2D eigenvalue weighted by Gasteiger charge is 2.68. The molecule has 0 aromatic rings. The fourth-order valence-electron chi connectivity index (χ4n) is 3.81. The molecule has 2 aliphatic carbocycles. The monoisotopic (exact) mass is 210 g/mol. The largest absolute Gasteiger partial charge is 0.347 e. The van der Waals surface area contributed by atoms with Gasteiger partial charge in [0.05, 0.1) is 13.2 Å². The Labute approximate surface area is 90.1 Å². The molecule has 0 aromatic heterocycles. The topological polar surface area (TPSA) is 35.5 Å². The van der Waals surface area contributed by atoms with Crippen LogP contribution in [0.3, 0.4) is 0 Å². The molecule has 3 fully saturated rings. The molecular weight excluding hydrogens is 192 g/mol. The maximum Gasteiger partial charge on any atom is 0.175 e. The Bertz CT molecular complexity index is 262. The molecule has 3 aliphatic rings. The van der Waals surface area contributed by atoms with Gasteiger partial charge in [-0.05, 0) is 12.8 Å². The number of fused-ring (bicyclic) bond motifs is 1. The molecule has 0 bridgehead atoms. The van der Waals surface area contributed by atoms with Crippen LogP contribution in [0.2, 0.25) is 0 Å². The Morgan fingerprint density at radius 1 is 1.07 bits per heavy atom. The van der Waals surface area contributed by atoms with Crippen LogP contribution in [0.5, 0.6) is 0 Å². The SMILES string of the molecule is O=CC1CC2(OCCO2)C12CCCCC2. The van der Waals surface area contributed by atoms with Crippen molar-refractivity contribution in [2.45, 2.75) is 44.3 Å². The van der Waals surface area contributed by atoms with Crippen molar-refractivity contribution < 1.29 is 14.3 Å². The van der Waals surface area contributed by atoms with Crippen LogP contribution in [0.4, 0.5) is 0 Å². The van der Waals surface area contributed by atoms with E-state index >= 15 is 0 Å². The number of carbonyl (C=O) groups is 1. The van der Waals surface area contributed by atoms with Gasteiger partial charge in [0.25, 0.3) is 0 Å². The number of aldehydes is 1. The van der Waals surface area contributed by atoms with Gasteiger partial charge >= 0.3 is 0 Å². The van der Waals surface area contributed by atoms with Crippen LogP contribution in [0, 0.1) is 11.3 Å². The summed E-state index contributed by atoms with van der Waals surface area (Å²) in [5, 5.41) is 0. The van der Waals surface area contributed by atoms with E-state index in [1.807, 2.05) is 0 Å². The van der Waals surface area contributed by atoms with Crippen molar-refractivity contribution in [3.63, 3.8) is 0 Å². The molecule has 3 nitrogen and oxygen atoms in total. The third-order valence-electron chi connectivity index (χ3n) is 4.62. The summed E-state index contributed by atoms with van der Waals surface area (Å²) in [6, 6.07) is 0. The normalized spacial score (nSPS) is 36.7. The Hall–Kier alpha value is -0.410. The summed E-state index contributed by atoms with van der Waals surface area (Å²) in [5.41, 5.74) is 0.0313. The summed E-state index contributed by atoms with van der Waals surface area (Å²) in [6.45, 7) is 1.40. The number of hydrogen-bond donors (Lipinski definition) is 0. The third-order valence-corrected chi connectivity index (χ3v) is 4.62. The lowest BCUT2D eigenvalue weighted by atomic mass is 9.50. The van der Waals surface area contributed by atoms with E-state index in [0.717, 1.165) is 25.5 Å². The zero-order valence-electron chi connectivity index (χ0n) is 9.04. The molecular formula is C12H18O3. The molecule has 0 N–H and O–H groups in total. The van der Waals surface area contributed by atoms with E-state index in [9.17, 15) is 4.79 Å². The van der Waals surface area contributed by atoms with Gasteiger partial charge in [-0.25, -0.2) is 0 Å². The molecule has 2 saturated carbocycles. The first kappa shape index (κ1) is 9.79.